The number of likely N-dealkylation sites (tertiary alicyclic amines) is 1. The fraction of sp³-hybridized carbons (Fsp3) is 0.933. The Labute approximate surface area is 132 Å². The fourth-order valence-corrected chi connectivity index (χ4v) is 4.12. The Balaban J connectivity index is 1.90. The van der Waals surface area contributed by atoms with Gasteiger partial charge in [-0.2, -0.15) is 11.8 Å². The van der Waals surface area contributed by atoms with Crippen LogP contribution in [-0.2, 0) is 4.79 Å². The van der Waals surface area contributed by atoms with Gasteiger partial charge in [-0.1, -0.05) is 0 Å². The summed E-state index contributed by atoms with van der Waals surface area (Å²) >= 11 is 1.60. The van der Waals surface area contributed by atoms with E-state index in [0.29, 0.717) is 6.04 Å². The molecular weight excluding hydrogens is 286 g/mol. The Morgan fingerprint density at radius 2 is 2.14 bits per heavy atom. The van der Waals surface area contributed by atoms with Crippen LogP contribution in [0.25, 0.3) is 0 Å². The van der Waals surface area contributed by atoms with Crippen molar-refractivity contribution in [3.63, 3.8) is 0 Å². The van der Waals surface area contributed by atoms with Gasteiger partial charge in [-0.25, -0.2) is 0 Å². The molecule has 0 radical (unpaired) electrons. The second-order valence-corrected chi connectivity index (χ2v) is 7.21. The predicted molar refractivity (Wildman–Crippen MR) is 87.6 cm³/mol. The Bertz CT molecular complexity index is 333. The summed E-state index contributed by atoms with van der Waals surface area (Å²) in [4.78, 5) is 15.0. The van der Waals surface area contributed by atoms with Gasteiger partial charge in [0.2, 0.25) is 5.91 Å². The summed E-state index contributed by atoms with van der Waals surface area (Å²) in [5.41, 5.74) is 0. The van der Waals surface area contributed by atoms with Crippen molar-refractivity contribution in [2.24, 2.45) is 0 Å². The van der Waals surface area contributed by atoms with E-state index in [4.69, 9.17) is 0 Å². The highest BCUT2D eigenvalue weighted by molar-refractivity contribution is 7.99. The molecule has 3 unspecified atom stereocenters. The topological polar surface area (TPSA) is 64.6 Å². The zero-order valence-corrected chi connectivity index (χ0v) is 14.0. The lowest BCUT2D eigenvalue weighted by molar-refractivity contribution is -0.127. The molecule has 0 bridgehead atoms. The van der Waals surface area contributed by atoms with E-state index in [2.05, 4.69) is 15.5 Å². The molecule has 0 aromatic rings. The second kappa shape index (κ2) is 8.36. The van der Waals surface area contributed by atoms with Crippen molar-refractivity contribution in [2.75, 3.05) is 32.5 Å². The molecule has 2 rings (SSSR count). The normalized spacial score (nSPS) is 27.5. The Kier molecular flexibility index (Phi) is 6.79. The molecule has 0 spiro atoms. The van der Waals surface area contributed by atoms with Crippen LogP contribution in [0.2, 0.25) is 0 Å². The van der Waals surface area contributed by atoms with E-state index in [1.807, 2.05) is 13.2 Å². The molecule has 2 aliphatic rings. The summed E-state index contributed by atoms with van der Waals surface area (Å²) in [6.45, 7) is 5.25. The zero-order valence-electron chi connectivity index (χ0n) is 13.2. The summed E-state index contributed by atoms with van der Waals surface area (Å²) in [6.07, 6.45) is 6.33. The molecule has 0 aromatic heterocycles. The highest BCUT2D eigenvalue weighted by Crippen LogP contribution is 2.25. The average molecular weight is 315 g/mol. The minimum Gasteiger partial charge on any atom is -0.395 e. The number of carbonyl (C=O) groups excluding carboxylic acids is 1. The smallest absolute Gasteiger partial charge is 0.237 e. The number of thioether (sulfide) groups is 1. The number of amides is 1. The van der Waals surface area contributed by atoms with Crippen LogP contribution in [0.4, 0.5) is 0 Å². The van der Waals surface area contributed by atoms with Crippen molar-refractivity contribution in [3.05, 3.63) is 0 Å². The Hall–Kier alpha value is -0.300. The summed E-state index contributed by atoms with van der Waals surface area (Å²) < 4.78 is 0. The third kappa shape index (κ3) is 4.34. The summed E-state index contributed by atoms with van der Waals surface area (Å²) in [7, 11) is 0. The van der Waals surface area contributed by atoms with Gasteiger partial charge in [0.15, 0.2) is 0 Å². The molecule has 6 heteroatoms. The molecule has 3 atom stereocenters. The van der Waals surface area contributed by atoms with Crippen LogP contribution in [-0.4, -0.2) is 71.8 Å². The molecule has 2 heterocycles. The highest BCUT2D eigenvalue weighted by atomic mass is 32.2. The van der Waals surface area contributed by atoms with Gasteiger partial charge in [-0.3, -0.25) is 9.69 Å². The molecule has 0 aromatic carbocycles. The number of nitrogens with one attached hydrogen (secondary N) is 2. The maximum absolute atomic E-state index is 12.6. The lowest BCUT2D eigenvalue weighted by Crippen LogP contribution is -2.53. The Morgan fingerprint density at radius 1 is 1.43 bits per heavy atom. The molecule has 5 nitrogen and oxygen atoms in total. The fourth-order valence-electron chi connectivity index (χ4n) is 3.50. The Morgan fingerprint density at radius 3 is 2.76 bits per heavy atom. The van der Waals surface area contributed by atoms with Crippen LogP contribution in [0.5, 0.6) is 0 Å². The highest BCUT2D eigenvalue weighted by Gasteiger charge is 2.36. The lowest BCUT2D eigenvalue weighted by Gasteiger charge is -2.35. The van der Waals surface area contributed by atoms with Crippen LogP contribution in [0.3, 0.4) is 0 Å². The van der Waals surface area contributed by atoms with E-state index in [1.165, 1.54) is 0 Å². The van der Waals surface area contributed by atoms with Crippen molar-refractivity contribution in [1.29, 1.82) is 0 Å². The summed E-state index contributed by atoms with van der Waals surface area (Å²) in [5.74, 6) is 0.144. The summed E-state index contributed by atoms with van der Waals surface area (Å²) in [5, 5.41) is 15.9. The molecule has 0 aliphatic carbocycles. The number of aliphatic hydroxyl groups is 1. The van der Waals surface area contributed by atoms with Gasteiger partial charge in [0.1, 0.15) is 0 Å². The molecule has 0 saturated carbocycles. The van der Waals surface area contributed by atoms with E-state index < -0.39 is 0 Å². The predicted octanol–water partition coefficient (Wildman–Crippen LogP) is 0.431. The molecule has 2 saturated heterocycles. The van der Waals surface area contributed by atoms with E-state index in [9.17, 15) is 9.90 Å². The van der Waals surface area contributed by atoms with Crippen molar-refractivity contribution in [2.45, 2.75) is 56.0 Å². The van der Waals surface area contributed by atoms with Crippen LogP contribution in [0.1, 0.15) is 32.6 Å². The lowest BCUT2D eigenvalue weighted by atomic mass is 10.0. The molecule has 3 N–H and O–H groups in total. The van der Waals surface area contributed by atoms with Crippen LogP contribution in [0, 0.1) is 0 Å². The van der Waals surface area contributed by atoms with Crippen molar-refractivity contribution >= 4 is 17.7 Å². The average Bonchev–Trinajstić information content (AvgIpc) is 2.99. The quantitative estimate of drug-likeness (QED) is 0.663. The van der Waals surface area contributed by atoms with Gasteiger partial charge in [-0.15, -0.1) is 0 Å². The first kappa shape index (κ1) is 17.1. The number of carbonyl (C=O) groups is 1. The van der Waals surface area contributed by atoms with Gasteiger partial charge in [0, 0.05) is 17.3 Å². The largest absolute Gasteiger partial charge is 0.395 e. The van der Waals surface area contributed by atoms with Gasteiger partial charge >= 0.3 is 0 Å². The minimum atomic E-state index is 0.00738. The van der Waals surface area contributed by atoms with Gasteiger partial charge in [0.25, 0.3) is 0 Å². The van der Waals surface area contributed by atoms with Crippen LogP contribution in [0.15, 0.2) is 0 Å². The van der Waals surface area contributed by atoms with Gasteiger partial charge in [-0.05, 0) is 58.5 Å². The SMILES string of the molecule is CSC(CO)C(C)NC(=O)C1CCCN1C1CCNCC1. The molecule has 21 heavy (non-hydrogen) atoms. The molecular formula is C15H29N3O2S. The first-order chi connectivity index (χ1) is 10.2. The number of hydrogen-bond acceptors (Lipinski definition) is 5. The minimum absolute atomic E-state index is 0.00738. The number of aliphatic hydroxyl groups excluding tert-OH is 1. The van der Waals surface area contributed by atoms with Crippen LogP contribution < -0.4 is 10.6 Å². The van der Waals surface area contributed by atoms with E-state index >= 15 is 0 Å². The zero-order chi connectivity index (χ0) is 15.2. The number of rotatable bonds is 6. The van der Waals surface area contributed by atoms with Crippen molar-refractivity contribution in [1.82, 2.24) is 15.5 Å². The van der Waals surface area contributed by atoms with Crippen molar-refractivity contribution in [3.8, 4) is 0 Å². The second-order valence-electron chi connectivity index (χ2n) is 6.13. The third-order valence-corrected chi connectivity index (χ3v) is 5.95. The monoisotopic (exact) mass is 315 g/mol. The summed E-state index contributed by atoms with van der Waals surface area (Å²) in [6, 6.07) is 0.582. The molecule has 122 valence electrons. The number of piperidine rings is 1. The maximum Gasteiger partial charge on any atom is 0.237 e. The third-order valence-electron chi connectivity index (χ3n) is 4.78. The number of hydrogen-bond donors (Lipinski definition) is 3. The molecule has 2 fully saturated rings. The van der Waals surface area contributed by atoms with E-state index in [0.717, 1.165) is 45.3 Å². The van der Waals surface area contributed by atoms with E-state index in [-0.39, 0.29) is 29.8 Å². The maximum atomic E-state index is 12.6. The first-order valence-electron chi connectivity index (χ1n) is 8.08. The first-order valence-corrected chi connectivity index (χ1v) is 9.36. The van der Waals surface area contributed by atoms with Gasteiger partial charge < -0.3 is 15.7 Å². The standard InChI is InChI=1S/C15H29N3O2S/c1-11(14(10-19)21-2)17-15(20)13-4-3-9-18(13)12-5-7-16-8-6-12/h11-14,16,19H,3-10H2,1-2H3,(H,17,20). The van der Waals surface area contributed by atoms with Crippen LogP contribution >= 0.6 is 11.8 Å². The molecule has 2 aliphatic heterocycles. The van der Waals surface area contributed by atoms with E-state index in [1.54, 1.807) is 11.8 Å². The number of nitrogens with zero attached hydrogens (tertiary/aromatic N) is 1. The van der Waals surface area contributed by atoms with Gasteiger partial charge in [0.05, 0.1) is 12.6 Å². The molecule has 1 amide bonds. The van der Waals surface area contributed by atoms with Crippen molar-refractivity contribution < 1.29 is 9.90 Å².